The van der Waals surface area contributed by atoms with Crippen molar-refractivity contribution < 1.29 is 27.1 Å². The zero-order valence-corrected chi connectivity index (χ0v) is 16.5. The number of sulfonamides is 1. The molecule has 0 heterocycles. The second-order valence-corrected chi connectivity index (χ2v) is 7.87. The highest BCUT2D eigenvalue weighted by Crippen LogP contribution is 2.23. The van der Waals surface area contributed by atoms with Crippen LogP contribution in [0.4, 0.5) is 15.8 Å². The summed E-state index contributed by atoms with van der Waals surface area (Å²) in [5, 5.41) is 2.56. The standard InChI is InChI=1S/C19H21FN2O5S/c1-4-27-19(24)14-8-7-10-16(13(14)2)21-18(23)12-22(28(3,25)26)17-11-6-5-9-15(17)20/h5-11H,4,12H2,1-3H3,(H,21,23). The highest BCUT2D eigenvalue weighted by atomic mass is 32.2. The van der Waals surface area contributed by atoms with Crippen molar-refractivity contribution in [1.82, 2.24) is 0 Å². The minimum Gasteiger partial charge on any atom is -0.462 e. The molecule has 2 aromatic carbocycles. The molecule has 0 aliphatic rings. The van der Waals surface area contributed by atoms with Gasteiger partial charge in [0.1, 0.15) is 12.4 Å². The van der Waals surface area contributed by atoms with E-state index in [1.54, 1.807) is 32.0 Å². The summed E-state index contributed by atoms with van der Waals surface area (Å²) in [4.78, 5) is 24.4. The maximum Gasteiger partial charge on any atom is 0.338 e. The van der Waals surface area contributed by atoms with E-state index in [9.17, 15) is 22.4 Å². The summed E-state index contributed by atoms with van der Waals surface area (Å²) in [5.41, 5.74) is 0.870. The molecule has 9 heteroatoms. The first-order valence-corrected chi connectivity index (χ1v) is 10.3. The van der Waals surface area contributed by atoms with E-state index in [1.807, 2.05) is 0 Å². The van der Waals surface area contributed by atoms with Gasteiger partial charge in [0.25, 0.3) is 0 Å². The highest BCUT2D eigenvalue weighted by Gasteiger charge is 2.24. The molecule has 7 nitrogen and oxygen atoms in total. The molecular weight excluding hydrogens is 387 g/mol. The molecule has 150 valence electrons. The Morgan fingerprint density at radius 1 is 1.14 bits per heavy atom. The van der Waals surface area contributed by atoms with E-state index in [0.717, 1.165) is 12.3 Å². The molecule has 0 aliphatic heterocycles. The number of rotatable bonds is 7. The summed E-state index contributed by atoms with van der Waals surface area (Å²) in [6.45, 7) is 2.90. The first kappa shape index (κ1) is 21.4. The monoisotopic (exact) mass is 408 g/mol. The summed E-state index contributed by atoms with van der Waals surface area (Å²) in [6, 6.07) is 9.98. The Morgan fingerprint density at radius 3 is 2.43 bits per heavy atom. The number of anilines is 2. The van der Waals surface area contributed by atoms with E-state index in [4.69, 9.17) is 4.74 Å². The van der Waals surface area contributed by atoms with Crippen LogP contribution < -0.4 is 9.62 Å². The molecule has 0 aliphatic carbocycles. The van der Waals surface area contributed by atoms with E-state index in [2.05, 4.69) is 5.32 Å². The number of carbonyl (C=O) groups is 2. The van der Waals surface area contributed by atoms with Crippen LogP contribution in [0.15, 0.2) is 42.5 Å². The Bertz CT molecular complexity index is 992. The molecule has 0 saturated heterocycles. The number of hydrogen-bond donors (Lipinski definition) is 1. The fourth-order valence-electron chi connectivity index (χ4n) is 2.56. The molecule has 0 saturated carbocycles. The average molecular weight is 408 g/mol. The van der Waals surface area contributed by atoms with Crippen molar-refractivity contribution in [3.05, 3.63) is 59.4 Å². The molecule has 1 N–H and O–H groups in total. The van der Waals surface area contributed by atoms with E-state index >= 15 is 0 Å². The van der Waals surface area contributed by atoms with Crippen LogP contribution in [0.5, 0.6) is 0 Å². The second kappa shape index (κ2) is 8.83. The lowest BCUT2D eigenvalue weighted by Gasteiger charge is -2.22. The molecule has 0 fully saturated rings. The lowest BCUT2D eigenvalue weighted by Crippen LogP contribution is -2.38. The fourth-order valence-corrected chi connectivity index (χ4v) is 3.41. The molecule has 0 atom stereocenters. The molecule has 0 unspecified atom stereocenters. The molecule has 0 radical (unpaired) electrons. The summed E-state index contributed by atoms with van der Waals surface area (Å²) < 4.78 is 43.8. The predicted molar refractivity (Wildman–Crippen MR) is 104 cm³/mol. The highest BCUT2D eigenvalue weighted by molar-refractivity contribution is 7.92. The number of esters is 1. The largest absolute Gasteiger partial charge is 0.462 e. The third-order valence-corrected chi connectivity index (χ3v) is 5.04. The Morgan fingerprint density at radius 2 is 1.82 bits per heavy atom. The molecule has 2 rings (SSSR count). The van der Waals surface area contributed by atoms with Gasteiger partial charge in [-0.15, -0.1) is 0 Å². The number of ether oxygens (including phenoxy) is 1. The Kier molecular flexibility index (Phi) is 6.74. The van der Waals surface area contributed by atoms with Crippen molar-refractivity contribution in [2.45, 2.75) is 13.8 Å². The van der Waals surface area contributed by atoms with Crippen LogP contribution >= 0.6 is 0 Å². The molecular formula is C19H21FN2O5S. The van der Waals surface area contributed by atoms with Crippen LogP contribution in [0, 0.1) is 12.7 Å². The van der Waals surface area contributed by atoms with E-state index in [-0.39, 0.29) is 17.9 Å². The number of carbonyl (C=O) groups excluding carboxylic acids is 2. The van der Waals surface area contributed by atoms with Crippen LogP contribution in [0.25, 0.3) is 0 Å². The summed E-state index contributed by atoms with van der Waals surface area (Å²) in [6.07, 6.45) is 0.888. The van der Waals surface area contributed by atoms with Crippen molar-refractivity contribution >= 4 is 33.3 Å². The lowest BCUT2D eigenvalue weighted by molar-refractivity contribution is -0.114. The van der Waals surface area contributed by atoms with Crippen LogP contribution in [-0.2, 0) is 19.6 Å². The smallest absolute Gasteiger partial charge is 0.338 e. The maximum absolute atomic E-state index is 14.0. The van der Waals surface area contributed by atoms with Gasteiger partial charge in [0.2, 0.25) is 15.9 Å². The molecule has 0 spiro atoms. The number of amides is 1. The molecule has 0 bridgehead atoms. The van der Waals surface area contributed by atoms with Gasteiger partial charge in [-0.2, -0.15) is 0 Å². The Hall–Kier alpha value is -2.94. The third kappa shape index (κ3) is 5.07. The van der Waals surface area contributed by atoms with Gasteiger partial charge in [0.05, 0.1) is 24.1 Å². The van der Waals surface area contributed by atoms with Crippen LogP contribution in [0.1, 0.15) is 22.8 Å². The topological polar surface area (TPSA) is 92.8 Å². The van der Waals surface area contributed by atoms with Gasteiger partial charge in [-0.3, -0.25) is 9.10 Å². The van der Waals surface area contributed by atoms with Crippen LogP contribution in [0.2, 0.25) is 0 Å². The SMILES string of the molecule is CCOC(=O)c1cccc(NC(=O)CN(c2ccccc2F)S(C)(=O)=O)c1C. The average Bonchev–Trinajstić information content (AvgIpc) is 2.61. The number of para-hydroxylation sites is 1. The quantitative estimate of drug-likeness (QED) is 0.711. The zero-order chi connectivity index (χ0) is 20.9. The summed E-state index contributed by atoms with van der Waals surface area (Å²) in [7, 11) is -3.91. The fraction of sp³-hybridized carbons (Fsp3) is 0.263. The second-order valence-electron chi connectivity index (χ2n) is 5.97. The number of benzene rings is 2. The van der Waals surface area contributed by atoms with Crippen molar-refractivity contribution in [3.63, 3.8) is 0 Å². The van der Waals surface area contributed by atoms with Gasteiger partial charge in [-0.25, -0.2) is 17.6 Å². The zero-order valence-electron chi connectivity index (χ0n) is 15.7. The molecule has 0 aromatic heterocycles. The van der Waals surface area contributed by atoms with E-state index in [1.165, 1.54) is 18.2 Å². The van der Waals surface area contributed by atoms with Crippen molar-refractivity contribution in [1.29, 1.82) is 0 Å². The van der Waals surface area contributed by atoms with Crippen molar-refractivity contribution in [3.8, 4) is 0 Å². The van der Waals surface area contributed by atoms with Gasteiger partial charge in [0, 0.05) is 5.69 Å². The number of nitrogens with zero attached hydrogens (tertiary/aromatic N) is 1. The predicted octanol–water partition coefficient (Wildman–Crippen LogP) is 2.72. The number of halogens is 1. The lowest BCUT2D eigenvalue weighted by atomic mass is 10.1. The van der Waals surface area contributed by atoms with Crippen molar-refractivity contribution in [2.75, 3.05) is 29.0 Å². The Labute approximate surface area is 163 Å². The molecule has 2 aromatic rings. The number of hydrogen-bond acceptors (Lipinski definition) is 5. The van der Waals surface area contributed by atoms with Crippen LogP contribution in [-0.4, -0.2) is 39.7 Å². The first-order valence-electron chi connectivity index (χ1n) is 8.44. The summed E-state index contributed by atoms with van der Waals surface area (Å²) >= 11 is 0. The maximum atomic E-state index is 14.0. The van der Waals surface area contributed by atoms with Crippen LogP contribution in [0.3, 0.4) is 0 Å². The van der Waals surface area contributed by atoms with Gasteiger partial charge >= 0.3 is 5.97 Å². The minimum atomic E-state index is -3.91. The normalized spacial score (nSPS) is 11.0. The summed E-state index contributed by atoms with van der Waals surface area (Å²) in [5.74, 6) is -1.97. The molecule has 1 amide bonds. The van der Waals surface area contributed by atoms with Gasteiger partial charge in [0.15, 0.2) is 0 Å². The first-order chi connectivity index (χ1) is 13.1. The minimum absolute atomic E-state index is 0.209. The van der Waals surface area contributed by atoms with Gasteiger partial charge in [-0.1, -0.05) is 18.2 Å². The van der Waals surface area contributed by atoms with Crippen molar-refractivity contribution in [2.24, 2.45) is 0 Å². The van der Waals surface area contributed by atoms with E-state index in [0.29, 0.717) is 15.6 Å². The third-order valence-electron chi connectivity index (χ3n) is 3.91. The van der Waals surface area contributed by atoms with Gasteiger partial charge < -0.3 is 10.1 Å². The number of nitrogens with one attached hydrogen (secondary N) is 1. The van der Waals surface area contributed by atoms with E-state index < -0.39 is 34.3 Å². The van der Waals surface area contributed by atoms with Gasteiger partial charge in [-0.05, 0) is 43.7 Å². The Balaban J connectivity index is 2.26. The molecule has 28 heavy (non-hydrogen) atoms.